The lowest BCUT2D eigenvalue weighted by molar-refractivity contribution is -0.132. The molecule has 0 radical (unpaired) electrons. The Balaban J connectivity index is 1.36. The normalized spacial score (nSPS) is 22.3. The number of nitrogens with zero attached hydrogens (tertiary/aromatic N) is 2. The summed E-state index contributed by atoms with van der Waals surface area (Å²) in [5.41, 5.74) is 2.55. The molecule has 2 saturated heterocycles. The number of rotatable bonds is 8. The zero-order valence-corrected chi connectivity index (χ0v) is 22.9. The van der Waals surface area contributed by atoms with E-state index in [0.29, 0.717) is 29.4 Å². The van der Waals surface area contributed by atoms with Gasteiger partial charge in [-0.25, -0.2) is 4.90 Å². The molecule has 3 heterocycles. The van der Waals surface area contributed by atoms with Crippen molar-refractivity contribution in [1.82, 2.24) is 0 Å². The van der Waals surface area contributed by atoms with Gasteiger partial charge in [0.1, 0.15) is 17.5 Å². The Morgan fingerprint density at radius 2 is 1.54 bits per heavy atom. The number of Topliss-reactive ketones (excluding diaryl/α,β-unsaturated/α-hetero) is 1. The molecular weight excluding hydrogens is 520 g/mol. The number of hydrogen-bond donors (Lipinski definition) is 0. The summed E-state index contributed by atoms with van der Waals surface area (Å²) in [4.78, 5) is 56.7. The van der Waals surface area contributed by atoms with Crippen LogP contribution in [0.5, 0.6) is 11.5 Å². The monoisotopic (exact) mass is 550 g/mol. The first-order valence-corrected chi connectivity index (χ1v) is 13.9. The van der Waals surface area contributed by atoms with E-state index in [2.05, 4.69) is 6.92 Å². The number of ketones is 1. The lowest BCUT2D eigenvalue weighted by Crippen LogP contribution is -2.48. The second-order valence-electron chi connectivity index (χ2n) is 10.5. The van der Waals surface area contributed by atoms with Crippen LogP contribution in [0.3, 0.4) is 0 Å². The Morgan fingerprint density at radius 3 is 2.24 bits per heavy atom. The van der Waals surface area contributed by atoms with Gasteiger partial charge in [0, 0.05) is 18.2 Å². The highest BCUT2D eigenvalue weighted by atomic mass is 16.5. The van der Waals surface area contributed by atoms with Gasteiger partial charge in [-0.3, -0.25) is 19.2 Å². The molecule has 41 heavy (non-hydrogen) atoms. The van der Waals surface area contributed by atoms with Crippen LogP contribution in [0.15, 0.2) is 78.9 Å². The first kappa shape index (κ1) is 26.5. The van der Waals surface area contributed by atoms with E-state index in [4.69, 9.17) is 9.47 Å². The molecule has 0 aromatic heterocycles. The van der Waals surface area contributed by atoms with Crippen LogP contribution >= 0.6 is 0 Å². The molecule has 4 atom stereocenters. The smallest absolute Gasteiger partial charge is 0.308 e. The highest BCUT2D eigenvalue weighted by molar-refractivity contribution is 6.25. The second-order valence-corrected chi connectivity index (χ2v) is 10.5. The third-order valence-corrected chi connectivity index (χ3v) is 7.95. The van der Waals surface area contributed by atoms with Crippen molar-refractivity contribution in [2.75, 3.05) is 16.4 Å². The Labute approximate surface area is 238 Å². The van der Waals surface area contributed by atoms with Gasteiger partial charge in [-0.2, -0.15) is 0 Å². The summed E-state index contributed by atoms with van der Waals surface area (Å²) in [7, 11) is 0. The van der Waals surface area contributed by atoms with Gasteiger partial charge in [0.25, 0.3) is 0 Å². The van der Waals surface area contributed by atoms with Gasteiger partial charge in [0.15, 0.2) is 5.78 Å². The van der Waals surface area contributed by atoms with Crippen LogP contribution in [0.2, 0.25) is 0 Å². The Morgan fingerprint density at radius 1 is 0.854 bits per heavy atom. The summed E-state index contributed by atoms with van der Waals surface area (Å²) in [5, 5.41) is 0. The highest BCUT2D eigenvalue weighted by Crippen LogP contribution is 2.50. The van der Waals surface area contributed by atoms with Crippen LogP contribution in [-0.2, 0) is 14.4 Å². The predicted molar refractivity (Wildman–Crippen MR) is 154 cm³/mol. The molecule has 3 aliphatic heterocycles. The van der Waals surface area contributed by atoms with Gasteiger partial charge < -0.3 is 14.4 Å². The molecule has 208 valence electrons. The van der Waals surface area contributed by atoms with Crippen LogP contribution in [0.1, 0.15) is 42.6 Å². The van der Waals surface area contributed by atoms with Gasteiger partial charge >= 0.3 is 5.97 Å². The summed E-state index contributed by atoms with van der Waals surface area (Å²) < 4.78 is 10.9. The van der Waals surface area contributed by atoms with Crippen LogP contribution < -0.4 is 19.3 Å². The topological polar surface area (TPSA) is 93.2 Å². The van der Waals surface area contributed by atoms with Crippen molar-refractivity contribution in [3.8, 4) is 11.5 Å². The maximum atomic E-state index is 14.2. The zero-order valence-electron chi connectivity index (χ0n) is 22.9. The number of esters is 1. The number of benzene rings is 3. The van der Waals surface area contributed by atoms with E-state index in [1.54, 1.807) is 48.5 Å². The first-order chi connectivity index (χ1) is 19.9. The summed E-state index contributed by atoms with van der Waals surface area (Å²) in [6.45, 7) is 3.99. The van der Waals surface area contributed by atoms with Crippen molar-refractivity contribution in [1.29, 1.82) is 0 Å². The molecule has 0 spiro atoms. The second kappa shape index (κ2) is 10.7. The number of carbonyl (C=O) groups excluding carboxylic acids is 4. The van der Waals surface area contributed by atoms with Crippen molar-refractivity contribution in [3.63, 3.8) is 0 Å². The molecule has 2 amide bonds. The Kier molecular flexibility index (Phi) is 6.91. The maximum absolute atomic E-state index is 14.2. The van der Waals surface area contributed by atoms with Gasteiger partial charge in [-0.05, 0) is 66.6 Å². The quantitative estimate of drug-likeness (QED) is 0.127. The van der Waals surface area contributed by atoms with Crippen molar-refractivity contribution in [3.05, 3.63) is 90.0 Å². The third kappa shape index (κ3) is 4.59. The van der Waals surface area contributed by atoms with Crippen LogP contribution in [0.4, 0.5) is 11.4 Å². The fourth-order valence-electron chi connectivity index (χ4n) is 6.12. The average molecular weight is 551 g/mol. The summed E-state index contributed by atoms with van der Waals surface area (Å²) in [5.74, 6) is -2.05. The number of unbranched alkanes of at least 4 members (excludes halogenated alkanes) is 1. The van der Waals surface area contributed by atoms with Crippen LogP contribution in [0.25, 0.3) is 6.08 Å². The Hall–Kier alpha value is -4.72. The lowest BCUT2D eigenvalue weighted by Gasteiger charge is -2.36. The molecule has 0 saturated carbocycles. The number of fused-ring (bicyclic) bond motifs is 5. The molecule has 0 bridgehead atoms. The number of para-hydroxylation sites is 1. The fraction of sp³-hybridized carbons (Fsp3) is 0.273. The molecule has 0 aliphatic carbocycles. The Bertz CT molecular complexity index is 1540. The average Bonchev–Trinajstić information content (AvgIpc) is 3.46. The largest absolute Gasteiger partial charge is 0.494 e. The number of ether oxygens (including phenoxy) is 2. The third-order valence-electron chi connectivity index (χ3n) is 7.95. The molecule has 3 aromatic carbocycles. The van der Waals surface area contributed by atoms with Crippen molar-refractivity contribution >= 4 is 41.0 Å². The summed E-state index contributed by atoms with van der Waals surface area (Å²) >= 11 is 0. The lowest BCUT2D eigenvalue weighted by atomic mass is 9.86. The van der Waals surface area contributed by atoms with Crippen molar-refractivity contribution < 1.29 is 28.7 Å². The number of anilines is 2. The fourth-order valence-corrected chi connectivity index (χ4v) is 6.12. The molecule has 3 aromatic rings. The minimum Gasteiger partial charge on any atom is -0.494 e. The molecule has 3 aliphatic rings. The maximum Gasteiger partial charge on any atom is 0.308 e. The van der Waals surface area contributed by atoms with Crippen LogP contribution in [-0.4, -0.2) is 42.3 Å². The number of hydrogen-bond acceptors (Lipinski definition) is 7. The van der Waals surface area contributed by atoms with Gasteiger partial charge in [-0.15, -0.1) is 0 Å². The van der Waals surface area contributed by atoms with E-state index in [0.717, 1.165) is 24.1 Å². The minimum atomic E-state index is -0.895. The van der Waals surface area contributed by atoms with E-state index in [1.165, 1.54) is 11.8 Å². The molecule has 8 heteroatoms. The van der Waals surface area contributed by atoms with E-state index in [-0.39, 0.29) is 11.7 Å². The van der Waals surface area contributed by atoms with E-state index >= 15 is 0 Å². The molecule has 8 nitrogen and oxygen atoms in total. The van der Waals surface area contributed by atoms with Gasteiger partial charge in [0.2, 0.25) is 11.8 Å². The molecule has 2 fully saturated rings. The molecule has 6 rings (SSSR count). The SMILES string of the molecule is CCCCOc1ccc(N2C(=O)[C@@H]3[C@H](C2=O)[C@@H]2C=Cc4ccccc4N2[C@@H]3C(=O)c2ccc(OC(C)=O)cc2)cc1. The predicted octanol–water partition coefficient (Wildman–Crippen LogP) is 5.06. The number of imide groups is 1. The van der Waals surface area contributed by atoms with Gasteiger partial charge in [0.05, 0.1) is 30.2 Å². The van der Waals surface area contributed by atoms with E-state index in [1.807, 2.05) is 41.3 Å². The van der Waals surface area contributed by atoms with Crippen LogP contribution in [0, 0.1) is 11.8 Å². The number of carbonyl (C=O) groups is 4. The standard InChI is InChI=1S/C33H30N2O6/c1-3-4-19-40-24-16-12-23(13-17-24)34-32(38)28-27-18-11-21-7-5-6-8-26(21)35(27)30(29(28)33(34)39)31(37)22-9-14-25(15-10-22)41-20(2)36/h5-18,27-30H,3-4,19H2,1-2H3/t27-,28+,29+,30-/m0/s1. The van der Waals surface area contributed by atoms with Crippen molar-refractivity contribution in [2.24, 2.45) is 11.8 Å². The molecular formula is C33H30N2O6. The molecule has 0 N–H and O–H groups in total. The summed E-state index contributed by atoms with van der Waals surface area (Å²) in [6, 6.07) is 19.6. The first-order valence-electron chi connectivity index (χ1n) is 13.9. The summed E-state index contributed by atoms with van der Waals surface area (Å²) in [6.07, 6.45) is 5.84. The van der Waals surface area contributed by atoms with E-state index in [9.17, 15) is 19.2 Å². The van der Waals surface area contributed by atoms with Crippen molar-refractivity contribution in [2.45, 2.75) is 38.8 Å². The van der Waals surface area contributed by atoms with E-state index < -0.39 is 35.8 Å². The zero-order chi connectivity index (χ0) is 28.7. The van der Waals surface area contributed by atoms with Gasteiger partial charge in [-0.1, -0.05) is 43.7 Å². The highest BCUT2D eigenvalue weighted by Gasteiger charge is 2.64. The molecule has 0 unspecified atom stereocenters. The minimum absolute atomic E-state index is 0.273. The number of amides is 2.